The normalized spacial score (nSPS) is 10.9. The van der Waals surface area contributed by atoms with Gasteiger partial charge in [0.05, 0.1) is 27.0 Å². The number of nitriles is 1. The SMILES string of the molecule is COc1ccc(NC=C(C#N)c2nc(-c3ccc(OC)c(OC)c3)cs2)cc1. The van der Waals surface area contributed by atoms with Crippen LogP contribution in [-0.4, -0.2) is 26.3 Å². The number of anilines is 1. The molecule has 0 saturated heterocycles. The minimum absolute atomic E-state index is 0.451. The summed E-state index contributed by atoms with van der Waals surface area (Å²) in [6.07, 6.45) is 1.65. The number of benzene rings is 2. The Morgan fingerprint density at radius 1 is 1.04 bits per heavy atom. The Morgan fingerprint density at radius 2 is 1.79 bits per heavy atom. The van der Waals surface area contributed by atoms with Gasteiger partial charge in [-0.1, -0.05) is 0 Å². The van der Waals surface area contributed by atoms with Crippen molar-refractivity contribution in [1.29, 1.82) is 5.26 Å². The zero-order chi connectivity index (χ0) is 19.9. The molecule has 0 amide bonds. The highest BCUT2D eigenvalue weighted by Crippen LogP contribution is 2.33. The smallest absolute Gasteiger partial charge is 0.161 e. The van der Waals surface area contributed by atoms with Crippen LogP contribution in [0, 0.1) is 11.3 Å². The second-order valence-corrected chi connectivity index (χ2v) is 6.51. The summed E-state index contributed by atoms with van der Waals surface area (Å²) in [5, 5.41) is 15.2. The van der Waals surface area contributed by atoms with Crippen LogP contribution >= 0.6 is 11.3 Å². The predicted molar refractivity (Wildman–Crippen MR) is 111 cm³/mol. The third-order valence-corrected chi connectivity index (χ3v) is 4.88. The average molecular weight is 393 g/mol. The van der Waals surface area contributed by atoms with Crippen LogP contribution < -0.4 is 19.5 Å². The first kappa shape index (κ1) is 19.3. The van der Waals surface area contributed by atoms with E-state index < -0.39 is 0 Å². The van der Waals surface area contributed by atoms with Gasteiger partial charge in [-0.15, -0.1) is 11.3 Å². The van der Waals surface area contributed by atoms with Gasteiger partial charge >= 0.3 is 0 Å². The zero-order valence-corrected chi connectivity index (χ0v) is 16.5. The van der Waals surface area contributed by atoms with Crippen LogP contribution in [0.25, 0.3) is 16.8 Å². The Hall–Kier alpha value is -3.50. The molecule has 0 radical (unpaired) electrons. The third kappa shape index (κ3) is 4.24. The van der Waals surface area contributed by atoms with Crippen molar-refractivity contribution in [3.8, 4) is 34.6 Å². The first-order valence-corrected chi connectivity index (χ1v) is 9.25. The first-order valence-electron chi connectivity index (χ1n) is 8.37. The largest absolute Gasteiger partial charge is 0.497 e. The molecule has 1 N–H and O–H groups in total. The van der Waals surface area contributed by atoms with Gasteiger partial charge in [0.2, 0.25) is 0 Å². The maximum absolute atomic E-state index is 9.52. The van der Waals surface area contributed by atoms with Crippen molar-refractivity contribution >= 4 is 22.6 Å². The van der Waals surface area contributed by atoms with E-state index in [1.807, 2.05) is 47.8 Å². The molecule has 1 aromatic heterocycles. The summed E-state index contributed by atoms with van der Waals surface area (Å²) >= 11 is 1.41. The number of nitrogens with one attached hydrogen (secondary N) is 1. The van der Waals surface area contributed by atoms with Crippen molar-refractivity contribution in [3.63, 3.8) is 0 Å². The van der Waals surface area contributed by atoms with Crippen LogP contribution in [0.15, 0.2) is 54.0 Å². The molecule has 0 bridgehead atoms. The summed E-state index contributed by atoms with van der Waals surface area (Å²) in [5.41, 5.74) is 2.96. The maximum Gasteiger partial charge on any atom is 0.161 e. The minimum Gasteiger partial charge on any atom is -0.497 e. The molecule has 0 aliphatic heterocycles. The molecular weight excluding hydrogens is 374 g/mol. The van der Waals surface area contributed by atoms with E-state index in [2.05, 4.69) is 16.4 Å². The molecule has 7 heteroatoms. The van der Waals surface area contributed by atoms with E-state index in [4.69, 9.17) is 14.2 Å². The molecule has 0 aliphatic carbocycles. The quantitative estimate of drug-likeness (QED) is 0.581. The van der Waals surface area contributed by atoms with Crippen LogP contribution in [0.2, 0.25) is 0 Å². The van der Waals surface area contributed by atoms with E-state index in [9.17, 15) is 5.26 Å². The molecule has 6 nitrogen and oxygen atoms in total. The van der Waals surface area contributed by atoms with E-state index >= 15 is 0 Å². The molecule has 0 saturated carbocycles. The number of methoxy groups -OCH3 is 3. The van der Waals surface area contributed by atoms with Crippen molar-refractivity contribution < 1.29 is 14.2 Å². The van der Waals surface area contributed by atoms with E-state index in [1.54, 1.807) is 27.5 Å². The van der Waals surface area contributed by atoms with Gasteiger partial charge in [-0.2, -0.15) is 5.26 Å². The number of hydrogen-bond acceptors (Lipinski definition) is 7. The molecule has 3 aromatic rings. The molecule has 28 heavy (non-hydrogen) atoms. The molecular formula is C21H19N3O3S. The van der Waals surface area contributed by atoms with Crippen LogP contribution in [0.5, 0.6) is 17.2 Å². The van der Waals surface area contributed by atoms with Gasteiger partial charge < -0.3 is 19.5 Å². The second-order valence-electron chi connectivity index (χ2n) is 5.65. The lowest BCUT2D eigenvalue weighted by molar-refractivity contribution is 0.355. The third-order valence-electron chi connectivity index (χ3n) is 4.01. The lowest BCUT2D eigenvalue weighted by atomic mass is 10.1. The van der Waals surface area contributed by atoms with E-state index in [-0.39, 0.29) is 0 Å². The summed E-state index contributed by atoms with van der Waals surface area (Å²) in [6, 6.07) is 15.2. The number of aromatic nitrogens is 1. The number of nitrogens with zero attached hydrogens (tertiary/aromatic N) is 2. The Labute approximate surface area is 167 Å². The Balaban J connectivity index is 1.81. The highest BCUT2D eigenvalue weighted by molar-refractivity contribution is 7.11. The molecule has 3 rings (SSSR count). The Kier molecular flexibility index (Phi) is 6.14. The monoisotopic (exact) mass is 393 g/mol. The standard InChI is InChI=1S/C21H19N3O3S/c1-25-17-7-5-16(6-8-17)23-12-15(11-22)21-24-18(13-28-21)14-4-9-19(26-2)20(10-14)27-3/h4-10,12-13,23H,1-3H3. The van der Waals surface area contributed by atoms with Gasteiger partial charge in [0.15, 0.2) is 11.5 Å². The number of hydrogen-bond donors (Lipinski definition) is 1. The van der Waals surface area contributed by atoms with Crippen molar-refractivity contribution in [2.75, 3.05) is 26.6 Å². The highest BCUT2D eigenvalue weighted by Gasteiger charge is 2.11. The maximum atomic E-state index is 9.52. The summed E-state index contributed by atoms with van der Waals surface area (Å²) in [5.74, 6) is 2.06. The number of allylic oxidation sites excluding steroid dienone is 1. The number of ether oxygens (including phenoxy) is 3. The van der Waals surface area contributed by atoms with Crippen LogP contribution in [-0.2, 0) is 0 Å². The number of thiazole rings is 1. The fourth-order valence-corrected chi connectivity index (χ4v) is 3.30. The van der Waals surface area contributed by atoms with E-state index in [1.165, 1.54) is 11.3 Å². The van der Waals surface area contributed by atoms with Gasteiger partial charge in [-0.3, -0.25) is 0 Å². The molecule has 0 aliphatic rings. The van der Waals surface area contributed by atoms with E-state index in [0.29, 0.717) is 22.1 Å². The van der Waals surface area contributed by atoms with Crippen molar-refractivity contribution in [1.82, 2.24) is 4.98 Å². The summed E-state index contributed by atoms with van der Waals surface area (Å²) in [6.45, 7) is 0. The Bertz CT molecular complexity index is 1020. The van der Waals surface area contributed by atoms with Crippen LogP contribution in [0.4, 0.5) is 5.69 Å². The molecule has 2 aromatic carbocycles. The molecule has 0 spiro atoms. The van der Waals surface area contributed by atoms with Gasteiger partial charge in [-0.05, 0) is 42.5 Å². The summed E-state index contributed by atoms with van der Waals surface area (Å²) in [7, 11) is 4.81. The average Bonchev–Trinajstić information content (AvgIpc) is 3.24. The van der Waals surface area contributed by atoms with Gasteiger partial charge in [0.25, 0.3) is 0 Å². The lowest BCUT2D eigenvalue weighted by Gasteiger charge is -2.08. The van der Waals surface area contributed by atoms with Crippen molar-refractivity contribution in [2.45, 2.75) is 0 Å². The Morgan fingerprint density at radius 3 is 2.43 bits per heavy atom. The molecule has 1 heterocycles. The minimum atomic E-state index is 0.451. The molecule has 0 unspecified atom stereocenters. The van der Waals surface area contributed by atoms with Gasteiger partial charge in [0.1, 0.15) is 22.4 Å². The number of rotatable bonds is 7. The molecule has 142 valence electrons. The van der Waals surface area contributed by atoms with Crippen LogP contribution in [0.3, 0.4) is 0 Å². The predicted octanol–water partition coefficient (Wildman–Crippen LogP) is 4.81. The molecule has 0 fully saturated rings. The molecule has 0 atom stereocenters. The lowest BCUT2D eigenvalue weighted by Crippen LogP contribution is -1.92. The fourth-order valence-electron chi connectivity index (χ4n) is 2.51. The van der Waals surface area contributed by atoms with Crippen molar-refractivity contribution in [3.05, 3.63) is 59.1 Å². The first-order chi connectivity index (χ1) is 13.7. The van der Waals surface area contributed by atoms with Gasteiger partial charge in [-0.25, -0.2) is 4.98 Å². The van der Waals surface area contributed by atoms with Crippen molar-refractivity contribution in [2.24, 2.45) is 0 Å². The summed E-state index contributed by atoms with van der Waals surface area (Å²) < 4.78 is 15.8. The van der Waals surface area contributed by atoms with Gasteiger partial charge in [0, 0.05) is 22.8 Å². The second kappa shape index (κ2) is 8.93. The summed E-state index contributed by atoms with van der Waals surface area (Å²) in [4.78, 5) is 4.59. The van der Waals surface area contributed by atoms with Crippen LogP contribution in [0.1, 0.15) is 5.01 Å². The highest BCUT2D eigenvalue weighted by atomic mass is 32.1. The zero-order valence-electron chi connectivity index (χ0n) is 15.7. The fraction of sp³-hybridized carbons (Fsp3) is 0.143. The van der Waals surface area contributed by atoms with E-state index in [0.717, 1.165) is 22.7 Å². The topological polar surface area (TPSA) is 76.4 Å².